The molecule has 1 aliphatic rings. The molecule has 6 nitrogen and oxygen atoms in total. The maximum absolute atomic E-state index is 5.14. The summed E-state index contributed by atoms with van der Waals surface area (Å²) in [6.45, 7) is 6.53. The van der Waals surface area contributed by atoms with Gasteiger partial charge in [-0.05, 0) is 53.0 Å². The maximum Gasteiger partial charge on any atom is 0.163 e. The van der Waals surface area contributed by atoms with Crippen LogP contribution in [0.1, 0.15) is 23.7 Å². The molecule has 3 aromatic heterocycles. The van der Waals surface area contributed by atoms with Crippen LogP contribution in [0.5, 0.6) is 0 Å². The van der Waals surface area contributed by atoms with Crippen molar-refractivity contribution < 1.29 is 4.74 Å². The Labute approximate surface area is 222 Å². The molecule has 0 fully saturated rings. The van der Waals surface area contributed by atoms with Gasteiger partial charge in [-0.3, -0.25) is 9.97 Å². The SMILES string of the molecule is C=C(/C=C/c1cncc(-c2nc(NCc3ccccn3)c3c(n2)=CC(C)C=CC=3c2ccccc2)c1)OC. The third kappa shape index (κ3) is 5.76. The summed E-state index contributed by atoms with van der Waals surface area (Å²) in [6, 6.07) is 18.3. The number of anilines is 1. The van der Waals surface area contributed by atoms with Crippen LogP contribution in [0.25, 0.3) is 29.1 Å². The van der Waals surface area contributed by atoms with E-state index in [9.17, 15) is 0 Å². The molecule has 1 atom stereocenters. The number of pyridine rings is 2. The van der Waals surface area contributed by atoms with Crippen LogP contribution in [0.15, 0.2) is 104 Å². The topological polar surface area (TPSA) is 72.8 Å². The first kappa shape index (κ1) is 24.8. The van der Waals surface area contributed by atoms with Crippen LogP contribution in [-0.2, 0) is 11.3 Å². The number of fused-ring (bicyclic) bond motifs is 1. The number of aromatic nitrogens is 4. The van der Waals surface area contributed by atoms with Gasteiger partial charge >= 0.3 is 0 Å². The van der Waals surface area contributed by atoms with Gasteiger partial charge in [0.25, 0.3) is 0 Å². The van der Waals surface area contributed by atoms with Crippen molar-refractivity contribution in [1.29, 1.82) is 0 Å². The van der Waals surface area contributed by atoms with Crippen molar-refractivity contribution in [2.75, 3.05) is 12.4 Å². The third-order valence-corrected chi connectivity index (χ3v) is 6.18. The summed E-state index contributed by atoms with van der Waals surface area (Å²) >= 11 is 0. The van der Waals surface area contributed by atoms with E-state index in [1.807, 2.05) is 48.5 Å². The summed E-state index contributed by atoms with van der Waals surface area (Å²) in [4.78, 5) is 19.0. The molecule has 1 unspecified atom stereocenters. The fourth-order valence-electron chi connectivity index (χ4n) is 4.22. The van der Waals surface area contributed by atoms with Crippen molar-refractivity contribution in [1.82, 2.24) is 19.9 Å². The van der Waals surface area contributed by atoms with E-state index in [0.29, 0.717) is 18.1 Å². The number of nitrogens with one attached hydrogen (secondary N) is 1. The molecule has 0 saturated carbocycles. The number of benzene rings is 1. The molecule has 3 heterocycles. The first-order valence-corrected chi connectivity index (χ1v) is 12.5. The predicted octanol–water partition coefficient (Wildman–Crippen LogP) is 4.90. The van der Waals surface area contributed by atoms with Gasteiger partial charge in [0.2, 0.25) is 0 Å². The second kappa shape index (κ2) is 11.5. The molecule has 5 rings (SSSR count). The molecule has 4 aromatic rings. The lowest BCUT2D eigenvalue weighted by Gasteiger charge is -2.12. The number of methoxy groups -OCH3 is 1. The Kier molecular flexibility index (Phi) is 7.50. The molecule has 1 aromatic carbocycles. The lowest BCUT2D eigenvalue weighted by Crippen LogP contribution is -2.35. The van der Waals surface area contributed by atoms with Gasteiger partial charge in [0, 0.05) is 24.2 Å². The van der Waals surface area contributed by atoms with E-state index in [0.717, 1.165) is 44.3 Å². The van der Waals surface area contributed by atoms with Crippen molar-refractivity contribution in [3.8, 4) is 11.4 Å². The van der Waals surface area contributed by atoms with Gasteiger partial charge in [0.15, 0.2) is 5.82 Å². The lowest BCUT2D eigenvalue weighted by atomic mass is 10.0. The molecule has 0 bridgehead atoms. The molecule has 1 N–H and O–H groups in total. The van der Waals surface area contributed by atoms with Crippen molar-refractivity contribution in [3.63, 3.8) is 0 Å². The predicted molar refractivity (Wildman–Crippen MR) is 153 cm³/mol. The molecule has 0 aliphatic heterocycles. The molecular formula is C32H29N5O. The van der Waals surface area contributed by atoms with E-state index < -0.39 is 0 Å². The highest BCUT2D eigenvalue weighted by atomic mass is 16.5. The zero-order chi connectivity index (χ0) is 26.3. The zero-order valence-electron chi connectivity index (χ0n) is 21.5. The molecule has 0 saturated heterocycles. The molecule has 6 heteroatoms. The van der Waals surface area contributed by atoms with Gasteiger partial charge in [0.1, 0.15) is 11.6 Å². The summed E-state index contributed by atoms with van der Waals surface area (Å²) in [6.07, 6.45) is 15.6. The van der Waals surface area contributed by atoms with Crippen molar-refractivity contribution in [2.24, 2.45) is 5.92 Å². The summed E-state index contributed by atoms with van der Waals surface area (Å²) in [7, 11) is 1.59. The maximum atomic E-state index is 5.14. The van der Waals surface area contributed by atoms with Gasteiger partial charge in [-0.15, -0.1) is 0 Å². The van der Waals surface area contributed by atoms with E-state index >= 15 is 0 Å². The number of rotatable bonds is 8. The van der Waals surface area contributed by atoms with E-state index in [1.54, 1.807) is 31.8 Å². The monoisotopic (exact) mass is 499 g/mol. The fraction of sp³-hybridized carbons (Fsp3) is 0.125. The lowest BCUT2D eigenvalue weighted by molar-refractivity contribution is 0.309. The van der Waals surface area contributed by atoms with Gasteiger partial charge in [-0.1, -0.05) is 68.1 Å². The van der Waals surface area contributed by atoms with Crippen LogP contribution >= 0.6 is 0 Å². The minimum absolute atomic E-state index is 0.203. The highest BCUT2D eigenvalue weighted by molar-refractivity contribution is 5.77. The molecule has 38 heavy (non-hydrogen) atoms. The van der Waals surface area contributed by atoms with E-state index in [-0.39, 0.29) is 5.92 Å². The van der Waals surface area contributed by atoms with Crippen LogP contribution in [0, 0.1) is 5.92 Å². The Bertz CT molecular complexity index is 1630. The third-order valence-electron chi connectivity index (χ3n) is 6.18. The normalized spacial score (nSPS) is 14.5. The van der Waals surface area contributed by atoms with Crippen LogP contribution in [0.2, 0.25) is 0 Å². The summed E-state index contributed by atoms with van der Waals surface area (Å²) in [5, 5.41) is 5.40. The largest absolute Gasteiger partial charge is 0.497 e. The molecule has 0 radical (unpaired) electrons. The van der Waals surface area contributed by atoms with Gasteiger partial charge in [0.05, 0.1) is 29.9 Å². The Hall–Kier alpha value is -4.84. The van der Waals surface area contributed by atoms with Gasteiger partial charge in [-0.25, -0.2) is 9.97 Å². The molecular weight excluding hydrogens is 470 g/mol. The van der Waals surface area contributed by atoms with E-state index in [1.165, 1.54) is 0 Å². The Morgan fingerprint density at radius 3 is 2.68 bits per heavy atom. The number of hydrogen-bond donors (Lipinski definition) is 1. The summed E-state index contributed by atoms with van der Waals surface area (Å²) in [5.74, 6) is 2.11. The molecule has 1 aliphatic carbocycles. The van der Waals surface area contributed by atoms with Gasteiger partial charge in [-0.2, -0.15) is 0 Å². The number of nitrogens with zero attached hydrogens (tertiary/aromatic N) is 4. The summed E-state index contributed by atoms with van der Waals surface area (Å²) < 4.78 is 5.14. The van der Waals surface area contributed by atoms with E-state index in [4.69, 9.17) is 14.7 Å². The van der Waals surface area contributed by atoms with Crippen LogP contribution in [-0.4, -0.2) is 27.0 Å². The highest BCUT2D eigenvalue weighted by Gasteiger charge is 2.14. The highest BCUT2D eigenvalue weighted by Crippen LogP contribution is 2.20. The minimum Gasteiger partial charge on any atom is -0.497 e. The number of allylic oxidation sites excluding steroid dienone is 3. The summed E-state index contributed by atoms with van der Waals surface area (Å²) in [5.41, 5.74) is 4.83. The van der Waals surface area contributed by atoms with Crippen LogP contribution in [0.4, 0.5) is 5.82 Å². The second-order valence-electron chi connectivity index (χ2n) is 9.01. The average Bonchev–Trinajstić information content (AvgIpc) is 3.13. The molecule has 188 valence electrons. The molecule has 0 spiro atoms. The first-order valence-electron chi connectivity index (χ1n) is 12.5. The second-order valence-corrected chi connectivity index (χ2v) is 9.01. The standard InChI is InChI=1S/C32H29N5O/c1-22-12-15-28(25-9-5-4-6-10-25)30-29(17-22)36-31(37-32(30)35-21-27-11-7-8-16-34-27)26-18-24(19-33-20-26)14-13-23(2)38-3/h4-20,22H,2,21H2,1,3H3,(H,35,36,37)/b14-13+. The Balaban J connectivity index is 1.69. The average molecular weight is 500 g/mol. The Morgan fingerprint density at radius 1 is 1.05 bits per heavy atom. The van der Waals surface area contributed by atoms with Crippen molar-refractivity contribution in [3.05, 3.63) is 131 Å². The number of hydrogen-bond acceptors (Lipinski definition) is 6. The van der Waals surface area contributed by atoms with Crippen molar-refractivity contribution in [2.45, 2.75) is 13.5 Å². The van der Waals surface area contributed by atoms with Crippen LogP contribution < -0.4 is 15.9 Å². The fourth-order valence-corrected chi connectivity index (χ4v) is 4.22. The number of ether oxygens (including phenoxy) is 1. The van der Waals surface area contributed by atoms with E-state index in [2.05, 4.69) is 59.1 Å². The van der Waals surface area contributed by atoms with Crippen LogP contribution in [0.3, 0.4) is 0 Å². The minimum atomic E-state index is 0.203. The quantitative estimate of drug-likeness (QED) is 0.275. The smallest absolute Gasteiger partial charge is 0.163 e. The zero-order valence-corrected chi connectivity index (χ0v) is 21.5. The Morgan fingerprint density at radius 2 is 1.89 bits per heavy atom. The molecule has 0 amide bonds. The van der Waals surface area contributed by atoms with Crippen molar-refractivity contribution >= 4 is 23.5 Å². The first-order chi connectivity index (χ1) is 18.6. The van der Waals surface area contributed by atoms with Gasteiger partial charge < -0.3 is 10.1 Å².